The van der Waals surface area contributed by atoms with E-state index in [0.717, 1.165) is 31.1 Å². The number of hydrogen-bond donors (Lipinski definition) is 1. The van der Waals surface area contributed by atoms with Crippen LogP contribution in [0.15, 0.2) is 35.1 Å². The molecule has 0 bridgehead atoms. The molecule has 0 radical (unpaired) electrons. The van der Waals surface area contributed by atoms with Gasteiger partial charge in [0.2, 0.25) is 5.91 Å². The minimum atomic E-state index is -0.293. The van der Waals surface area contributed by atoms with Crippen molar-refractivity contribution in [2.24, 2.45) is 5.73 Å². The average Bonchev–Trinajstić information content (AvgIpc) is 2.56. The highest BCUT2D eigenvalue weighted by Gasteiger charge is 2.11. The molecule has 0 aliphatic heterocycles. The quantitative estimate of drug-likeness (QED) is 0.760. The SMILES string of the molecule is CCCCC(=O)n1c(=O)ccc2ccc(OCCCCN)cc21. The highest BCUT2D eigenvalue weighted by molar-refractivity contribution is 5.91. The van der Waals surface area contributed by atoms with Crippen molar-refractivity contribution < 1.29 is 9.53 Å². The van der Waals surface area contributed by atoms with E-state index >= 15 is 0 Å². The second-order valence-corrected chi connectivity index (χ2v) is 5.57. The van der Waals surface area contributed by atoms with E-state index in [2.05, 4.69) is 0 Å². The summed E-state index contributed by atoms with van der Waals surface area (Å²) in [6.45, 7) is 3.24. The number of rotatable bonds is 8. The lowest BCUT2D eigenvalue weighted by Gasteiger charge is -2.11. The summed E-state index contributed by atoms with van der Waals surface area (Å²) >= 11 is 0. The number of carbonyl (C=O) groups is 1. The van der Waals surface area contributed by atoms with E-state index in [1.54, 1.807) is 12.1 Å². The Bertz CT molecular complexity index is 722. The molecule has 1 aromatic heterocycles. The van der Waals surface area contributed by atoms with Gasteiger partial charge >= 0.3 is 0 Å². The summed E-state index contributed by atoms with van der Waals surface area (Å²) in [4.78, 5) is 24.5. The summed E-state index contributed by atoms with van der Waals surface area (Å²) < 4.78 is 6.95. The zero-order chi connectivity index (χ0) is 16.7. The highest BCUT2D eigenvalue weighted by atomic mass is 16.5. The van der Waals surface area contributed by atoms with Gasteiger partial charge in [-0.1, -0.05) is 13.3 Å². The van der Waals surface area contributed by atoms with E-state index in [1.165, 1.54) is 10.6 Å². The Kier molecular flexibility index (Phi) is 6.35. The largest absolute Gasteiger partial charge is 0.494 e. The molecule has 0 saturated heterocycles. The van der Waals surface area contributed by atoms with Crippen LogP contribution in [0.4, 0.5) is 0 Å². The second kappa shape index (κ2) is 8.48. The summed E-state index contributed by atoms with van der Waals surface area (Å²) in [6, 6.07) is 8.67. The van der Waals surface area contributed by atoms with Gasteiger partial charge in [0.15, 0.2) is 0 Å². The fourth-order valence-electron chi connectivity index (χ4n) is 2.44. The van der Waals surface area contributed by atoms with Crippen molar-refractivity contribution >= 4 is 16.8 Å². The van der Waals surface area contributed by atoms with Crippen LogP contribution in [0, 0.1) is 0 Å². The number of carbonyl (C=O) groups excluding carboxylic acids is 1. The summed E-state index contributed by atoms with van der Waals surface area (Å²) in [5.41, 5.74) is 5.77. The van der Waals surface area contributed by atoms with E-state index in [4.69, 9.17) is 10.5 Å². The fourth-order valence-corrected chi connectivity index (χ4v) is 2.44. The van der Waals surface area contributed by atoms with Crippen LogP contribution in [0.1, 0.15) is 43.8 Å². The molecule has 0 unspecified atom stereocenters. The number of benzene rings is 1. The van der Waals surface area contributed by atoms with Crippen LogP contribution in [-0.2, 0) is 0 Å². The minimum Gasteiger partial charge on any atom is -0.494 e. The van der Waals surface area contributed by atoms with Crippen LogP contribution in [0.2, 0.25) is 0 Å². The van der Waals surface area contributed by atoms with Crippen LogP contribution < -0.4 is 16.0 Å². The molecule has 2 N–H and O–H groups in total. The van der Waals surface area contributed by atoms with Crippen molar-refractivity contribution in [3.8, 4) is 5.75 Å². The standard InChI is InChI=1S/C18H24N2O3/c1-2-3-6-17(21)20-16-13-15(23-12-5-4-11-19)9-7-14(16)8-10-18(20)22/h7-10,13H,2-6,11-12,19H2,1H3. The number of nitrogens with two attached hydrogens (primary N) is 1. The molecule has 2 aromatic rings. The Morgan fingerprint density at radius 3 is 2.70 bits per heavy atom. The Labute approximate surface area is 136 Å². The van der Waals surface area contributed by atoms with E-state index in [9.17, 15) is 9.59 Å². The summed E-state index contributed by atoms with van der Waals surface area (Å²) in [6.07, 6.45) is 3.86. The lowest BCUT2D eigenvalue weighted by Crippen LogP contribution is -2.26. The first-order valence-corrected chi connectivity index (χ1v) is 8.19. The first-order valence-electron chi connectivity index (χ1n) is 8.19. The lowest BCUT2D eigenvalue weighted by atomic mass is 10.2. The highest BCUT2D eigenvalue weighted by Crippen LogP contribution is 2.20. The fraction of sp³-hybridized carbons (Fsp3) is 0.444. The van der Waals surface area contributed by atoms with Crippen molar-refractivity contribution in [3.05, 3.63) is 40.7 Å². The van der Waals surface area contributed by atoms with Gasteiger partial charge in [0.05, 0.1) is 12.1 Å². The third-order valence-corrected chi connectivity index (χ3v) is 3.73. The molecule has 0 atom stereocenters. The van der Waals surface area contributed by atoms with Crippen molar-refractivity contribution in [2.75, 3.05) is 13.2 Å². The van der Waals surface area contributed by atoms with Gasteiger partial charge in [0.25, 0.3) is 5.56 Å². The third-order valence-electron chi connectivity index (χ3n) is 3.73. The molecular formula is C18H24N2O3. The van der Waals surface area contributed by atoms with Gasteiger partial charge in [-0.2, -0.15) is 0 Å². The number of fused-ring (bicyclic) bond motifs is 1. The smallest absolute Gasteiger partial charge is 0.257 e. The van der Waals surface area contributed by atoms with Crippen LogP contribution in [0.25, 0.3) is 10.9 Å². The molecule has 0 aliphatic rings. The Hall–Kier alpha value is -2.14. The number of hydrogen-bond acceptors (Lipinski definition) is 4. The Balaban J connectivity index is 2.31. The van der Waals surface area contributed by atoms with Gasteiger partial charge < -0.3 is 10.5 Å². The zero-order valence-corrected chi connectivity index (χ0v) is 13.6. The summed E-state index contributed by atoms with van der Waals surface area (Å²) in [7, 11) is 0. The van der Waals surface area contributed by atoms with Crippen molar-refractivity contribution in [2.45, 2.75) is 39.0 Å². The molecule has 2 rings (SSSR count). The van der Waals surface area contributed by atoms with E-state index in [-0.39, 0.29) is 11.5 Å². The van der Waals surface area contributed by atoms with Crippen LogP contribution in [-0.4, -0.2) is 23.6 Å². The second-order valence-electron chi connectivity index (χ2n) is 5.57. The Morgan fingerprint density at radius 2 is 1.96 bits per heavy atom. The molecule has 0 fully saturated rings. The van der Waals surface area contributed by atoms with Crippen molar-refractivity contribution in [1.82, 2.24) is 4.57 Å². The van der Waals surface area contributed by atoms with Crippen molar-refractivity contribution in [1.29, 1.82) is 0 Å². The van der Waals surface area contributed by atoms with Crippen LogP contribution in [0.3, 0.4) is 0 Å². The van der Waals surface area contributed by atoms with E-state index < -0.39 is 0 Å². The number of nitrogens with zero attached hydrogens (tertiary/aromatic N) is 1. The van der Waals surface area contributed by atoms with Crippen LogP contribution in [0.5, 0.6) is 5.75 Å². The van der Waals surface area contributed by atoms with E-state index in [1.807, 2.05) is 19.1 Å². The molecule has 5 nitrogen and oxygen atoms in total. The number of aromatic nitrogens is 1. The first kappa shape index (κ1) is 17.2. The van der Waals surface area contributed by atoms with Gasteiger partial charge in [0, 0.05) is 18.6 Å². The lowest BCUT2D eigenvalue weighted by molar-refractivity contribution is 0.0901. The molecule has 0 aliphatic carbocycles. The van der Waals surface area contributed by atoms with Gasteiger partial charge in [-0.15, -0.1) is 0 Å². The molecule has 5 heteroatoms. The minimum absolute atomic E-state index is 0.164. The molecule has 1 heterocycles. The maximum Gasteiger partial charge on any atom is 0.257 e. The predicted octanol–water partition coefficient (Wildman–Crippen LogP) is 2.95. The number of unbranched alkanes of at least 4 members (excludes halogenated alkanes) is 2. The zero-order valence-electron chi connectivity index (χ0n) is 13.6. The van der Waals surface area contributed by atoms with Crippen molar-refractivity contribution in [3.63, 3.8) is 0 Å². The van der Waals surface area contributed by atoms with E-state index in [0.29, 0.717) is 30.8 Å². The number of ether oxygens (including phenoxy) is 1. The maximum atomic E-state index is 12.4. The van der Waals surface area contributed by atoms with Gasteiger partial charge in [-0.3, -0.25) is 9.59 Å². The first-order chi connectivity index (χ1) is 11.2. The molecule has 0 amide bonds. The molecule has 0 saturated carbocycles. The van der Waals surface area contributed by atoms with Crippen LogP contribution >= 0.6 is 0 Å². The summed E-state index contributed by atoms with van der Waals surface area (Å²) in [5.74, 6) is 0.500. The van der Waals surface area contributed by atoms with Gasteiger partial charge in [-0.25, -0.2) is 4.57 Å². The molecular weight excluding hydrogens is 292 g/mol. The predicted molar refractivity (Wildman–Crippen MR) is 92.1 cm³/mol. The molecule has 124 valence electrons. The average molecular weight is 316 g/mol. The van der Waals surface area contributed by atoms with Gasteiger partial charge in [0.1, 0.15) is 5.75 Å². The molecule has 1 aromatic carbocycles. The number of pyridine rings is 1. The normalized spacial score (nSPS) is 10.9. The molecule has 0 spiro atoms. The van der Waals surface area contributed by atoms with Gasteiger partial charge in [-0.05, 0) is 49.4 Å². The monoisotopic (exact) mass is 316 g/mol. The third kappa shape index (κ3) is 4.42. The topological polar surface area (TPSA) is 74.3 Å². The Morgan fingerprint density at radius 1 is 1.17 bits per heavy atom. The molecule has 23 heavy (non-hydrogen) atoms. The maximum absolute atomic E-state index is 12.4. The summed E-state index contributed by atoms with van der Waals surface area (Å²) in [5, 5.41) is 0.851.